The maximum atomic E-state index is 10.6. The van der Waals surface area contributed by atoms with Crippen LogP contribution in [0.25, 0.3) is 0 Å². The lowest BCUT2D eigenvalue weighted by Gasteiger charge is -2.41. The summed E-state index contributed by atoms with van der Waals surface area (Å²) in [5.41, 5.74) is 0.866. The summed E-state index contributed by atoms with van der Waals surface area (Å²) >= 11 is 9.91. The topological polar surface area (TPSA) is 44.7 Å². The molecule has 0 aliphatic carbocycles. The Bertz CT molecular complexity index is 499. The minimum Gasteiger partial charge on any atom is -0.506 e. The maximum absolute atomic E-state index is 10.6. The molecule has 0 amide bonds. The molecular weight excluding hydrogens is 368 g/mol. The standard InChI is InChI=1S/C16H22BrClN2O2/c17-12-1-2-13(18)14(16(12)21)15(11-3-9-22-10-4-11)20-7-5-19-6-8-20/h1-2,11,15,19,21H,3-10H2/t15-/m0/s1. The van der Waals surface area contributed by atoms with Crippen LogP contribution in [0.4, 0.5) is 0 Å². The van der Waals surface area contributed by atoms with Crippen molar-refractivity contribution in [2.45, 2.75) is 18.9 Å². The van der Waals surface area contributed by atoms with Crippen molar-refractivity contribution < 1.29 is 9.84 Å². The van der Waals surface area contributed by atoms with Gasteiger partial charge in [0.25, 0.3) is 0 Å². The van der Waals surface area contributed by atoms with Crippen LogP contribution in [0.3, 0.4) is 0 Å². The number of phenols is 1. The zero-order chi connectivity index (χ0) is 15.5. The molecule has 3 rings (SSSR count). The summed E-state index contributed by atoms with van der Waals surface area (Å²) in [6, 6.07) is 3.82. The van der Waals surface area contributed by atoms with Crippen LogP contribution in [0.2, 0.25) is 5.02 Å². The summed E-state index contributed by atoms with van der Waals surface area (Å²) in [4.78, 5) is 2.46. The molecule has 0 aromatic heterocycles. The lowest BCUT2D eigenvalue weighted by Crippen LogP contribution is -2.47. The molecule has 4 nitrogen and oxygen atoms in total. The second-order valence-corrected chi connectivity index (χ2v) is 7.23. The fraction of sp³-hybridized carbons (Fsp3) is 0.625. The highest BCUT2D eigenvalue weighted by molar-refractivity contribution is 9.10. The van der Waals surface area contributed by atoms with Crippen molar-refractivity contribution in [3.05, 3.63) is 27.2 Å². The first-order chi connectivity index (χ1) is 10.7. The van der Waals surface area contributed by atoms with Gasteiger partial charge in [0.2, 0.25) is 0 Å². The molecule has 22 heavy (non-hydrogen) atoms. The predicted octanol–water partition coefficient (Wildman–Crippen LogP) is 3.18. The highest BCUT2D eigenvalue weighted by Crippen LogP contribution is 2.45. The van der Waals surface area contributed by atoms with E-state index in [1.54, 1.807) is 6.07 Å². The molecule has 2 fully saturated rings. The Morgan fingerprint density at radius 2 is 1.95 bits per heavy atom. The number of ether oxygens (including phenoxy) is 1. The van der Waals surface area contributed by atoms with Gasteiger partial charge >= 0.3 is 0 Å². The number of hydrogen-bond donors (Lipinski definition) is 2. The molecule has 0 bridgehead atoms. The number of hydrogen-bond acceptors (Lipinski definition) is 4. The second kappa shape index (κ2) is 7.49. The van der Waals surface area contributed by atoms with Crippen LogP contribution in [-0.4, -0.2) is 49.4 Å². The Hall–Kier alpha value is -0.330. The van der Waals surface area contributed by atoms with Crippen molar-refractivity contribution >= 4 is 27.5 Å². The van der Waals surface area contributed by atoms with Crippen LogP contribution in [0.5, 0.6) is 5.75 Å². The van der Waals surface area contributed by atoms with Crippen LogP contribution in [-0.2, 0) is 4.74 Å². The zero-order valence-corrected chi connectivity index (χ0v) is 14.9. The molecule has 2 aliphatic heterocycles. The number of benzene rings is 1. The Morgan fingerprint density at radius 1 is 1.27 bits per heavy atom. The molecule has 2 saturated heterocycles. The molecule has 2 N–H and O–H groups in total. The van der Waals surface area contributed by atoms with E-state index in [-0.39, 0.29) is 11.8 Å². The van der Waals surface area contributed by atoms with Crippen molar-refractivity contribution in [1.82, 2.24) is 10.2 Å². The zero-order valence-electron chi connectivity index (χ0n) is 12.5. The van der Waals surface area contributed by atoms with Gasteiger partial charge in [0.1, 0.15) is 5.75 Å². The summed E-state index contributed by atoms with van der Waals surface area (Å²) in [7, 11) is 0. The molecule has 0 spiro atoms. The van der Waals surface area contributed by atoms with Gasteiger partial charge in [-0.05, 0) is 46.8 Å². The van der Waals surface area contributed by atoms with Crippen molar-refractivity contribution in [3.8, 4) is 5.75 Å². The number of rotatable bonds is 3. The molecule has 0 unspecified atom stereocenters. The fourth-order valence-corrected chi connectivity index (χ4v) is 4.16. The number of nitrogens with zero attached hydrogens (tertiary/aromatic N) is 1. The molecule has 1 aromatic carbocycles. The molecule has 2 heterocycles. The smallest absolute Gasteiger partial charge is 0.136 e. The third-order valence-corrected chi connectivity index (χ3v) is 5.64. The van der Waals surface area contributed by atoms with Crippen molar-refractivity contribution in [2.75, 3.05) is 39.4 Å². The van der Waals surface area contributed by atoms with E-state index in [1.807, 2.05) is 6.07 Å². The molecule has 0 radical (unpaired) electrons. The second-order valence-electron chi connectivity index (χ2n) is 5.97. The molecule has 2 aliphatic rings. The molecule has 1 atom stereocenters. The predicted molar refractivity (Wildman–Crippen MR) is 91.5 cm³/mol. The monoisotopic (exact) mass is 388 g/mol. The number of aromatic hydroxyl groups is 1. The highest BCUT2D eigenvalue weighted by Gasteiger charge is 2.34. The average molecular weight is 390 g/mol. The highest BCUT2D eigenvalue weighted by atomic mass is 79.9. The lowest BCUT2D eigenvalue weighted by atomic mass is 9.85. The molecule has 1 aromatic rings. The van der Waals surface area contributed by atoms with Crippen molar-refractivity contribution in [3.63, 3.8) is 0 Å². The van der Waals surface area contributed by atoms with Crippen LogP contribution in [0.1, 0.15) is 24.4 Å². The number of halogens is 2. The minimum atomic E-state index is 0.149. The maximum Gasteiger partial charge on any atom is 0.136 e. The van der Waals surface area contributed by atoms with Gasteiger partial charge in [-0.15, -0.1) is 0 Å². The Balaban J connectivity index is 1.98. The van der Waals surface area contributed by atoms with E-state index in [1.165, 1.54) is 0 Å². The van der Waals surface area contributed by atoms with Gasteiger partial charge < -0.3 is 15.2 Å². The summed E-state index contributed by atoms with van der Waals surface area (Å²) in [5.74, 6) is 0.743. The summed E-state index contributed by atoms with van der Waals surface area (Å²) in [6.45, 7) is 5.49. The Morgan fingerprint density at radius 3 is 2.64 bits per heavy atom. The first-order valence-electron chi connectivity index (χ1n) is 7.88. The van der Waals surface area contributed by atoms with E-state index in [2.05, 4.69) is 26.1 Å². The summed E-state index contributed by atoms with van der Waals surface area (Å²) in [6.07, 6.45) is 2.02. The number of piperazine rings is 1. The molecular formula is C16H22BrClN2O2. The van der Waals surface area contributed by atoms with Crippen molar-refractivity contribution in [1.29, 1.82) is 0 Å². The number of phenolic OH excluding ortho intramolecular Hbond substituents is 1. The number of nitrogens with one attached hydrogen (secondary N) is 1. The third-order valence-electron chi connectivity index (χ3n) is 4.67. The van der Waals surface area contributed by atoms with E-state index < -0.39 is 0 Å². The fourth-order valence-electron chi connectivity index (χ4n) is 3.55. The molecule has 6 heteroatoms. The first kappa shape index (κ1) is 16.5. The van der Waals surface area contributed by atoms with Crippen LogP contribution >= 0.6 is 27.5 Å². The largest absolute Gasteiger partial charge is 0.506 e. The van der Waals surface area contributed by atoms with Crippen LogP contribution in [0, 0.1) is 5.92 Å². The first-order valence-corrected chi connectivity index (χ1v) is 9.05. The van der Waals surface area contributed by atoms with E-state index in [0.29, 0.717) is 15.4 Å². The van der Waals surface area contributed by atoms with E-state index in [9.17, 15) is 5.11 Å². The van der Waals surface area contributed by atoms with E-state index in [0.717, 1.165) is 57.8 Å². The van der Waals surface area contributed by atoms with Gasteiger partial charge in [0, 0.05) is 56.0 Å². The van der Waals surface area contributed by atoms with E-state index in [4.69, 9.17) is 16.3 Å². The third kappa shape index (κ3) is 3.44. The Kier molecular flexibility index (Phi) is 5.63. The van der Waals surface area contributed by atoms with Gasteiger partial charge in [0.15, 0.2) is 0 Å². The Labute approximate surface area is 144 Å². The quantitative estimate of drug-likeness (QED) is 0.833. The van der Waals surface area contributed by atoms with Gasteiger partial charge in [-0.3, -0.25) is 4.90 Å². The average Bonchev–Trinajstić information content (AvgIpc) is 2.57. The van der Waals surface area contributed by atoms with Crippen LogP contribution < -0.4 is 5.32 Å². The van der Waals surface area contributed by atoms with Gasteiger partial charge in [-0.1, -0.05) is 11.6 Å². The van der Waals surface area contributed by atoms with Gasteiger partial charge in [0.05, 0.1) is 4.47 Å². The summed E-state index contributed by atoms with van der Waals surface area (Å²) in [5, 5.41) is 14.6. The van der Waals surface area contributed by atoms with Gasteiger partial charge in [-0.25, -0.2) is 0 Å². The molecule has 0 saturated carbocycles. The summed E-state index contributed by atoms with van der Waals surface area (Å²) < 4.78 is 6.23. The normalized spacial score (nSPS) is 22.6. The van der Waals surface area contributed by atoms with Crippen molar-refractivity contribution in [2.24, 2.45) is 5.92 Å². The lowest BCUT2D eigenvalue weighted by molar-refractivity contribution is 0.0206. The molecule has 122 valence electrons. The van der Waals surface area contributed by atoms with E-state index >= 15 is 0 Å². The SMILES string of the molecule is Oc1c(Br)ccc(Cl)c1[C@H](C1CCOCC1)N1CCNCC1. The van der Waals surface area contributed by atoms with Crippen LogP contribution in [0.15, 0.2) is 16.6 Å². The van der Waals surface area contributed by atoms with Gasteiger partial charge in [-0.2, -0.15) is 0 Å². The minimum absolute atomic E-state index is 0.149.